The van der Waals surface area contributed by atoms with Gasteiger partial charge >= 0.3 is 5.97 Å². The number of nitrogens with two attached hydrogens (primary N) is 1. The quantitative estimate of drug-likeness (QED) is 0.766. The summed E-state index contributed by atoms with van der Waals surface area (Å²) >= 11 is 3.34. The van der Waals surface area contributed by atoms with E-state index in [1.165, 1.54) is 0 Å². The summed E-state index contributed by atoms with van der Waals surface area (Å²) in [6, 6.07) is 6.24. The van der Waals surface area contributed by atoms with E-state index in [0.29, 0.717) is 0 Å². The van der Waals surface area contributed by atoms with Crippen LogP contribution in [0.2, 0.25) is 0 Å². The number of benzene rings is 1. The van der Waals surface area contributed by atoms with E-state index in [4.69, 9.17) is 10.8 Å². The van der Waals surface area contributed by atoms with Gasteiger partial charge in [-0.1, -0.05) is 28.1 Å². The summed E-state index contributed by atoms with van der Waals surface area (Å²) in [5.41, 5.74) is 6.39. The minimum absolute atomic E-state index is 0.227. The molecule has 0 fully saturated rings. The van der Waals surface area contributed by atoms with Crippen LogP contribution in [-0.2, 0) is 9.59 Å². The number of nitrogens with one attached hydrogen (secondary N) is 1. The summed E-state index contributed by atoms with van der Waals surface area (Å²) in [4.78, 5) is 22.1. The SMILES string of the molecule is C[C@@H](NC(=O)C(N)CC(=O)O)c1cccc(Br)c1. The van der Waals surface area contributed by atoms with Crippen LogP contribution in [0.15, 0.2) is 28.7 Å². The van der Waals surface area contributed by atoms with E-state index < -0.39 is 17.9 Å². The highest BCUT2D eigenvalue weighted by molar-refractivity contribution is 9.10. The van der Waals surface area contributed by atoms with Crippen LogP contribution in [0.25, 0.3) is 0 Å². The Morgan fingerprint density at radius 1 is 1.50 bits per heavy atom. The minimum atomic E-state index is -1.09. The normalized spacial score (nSPS) is 13.7. The molecule has 98 valence electrons. The summed E-state index contributed by atoms with van der Waals surface area (Å²) in [7, 11) is 0. The molecule has 5 nitrogen and oxygen atoms in total. The first kappa shape index (κ1) is 14.7. The first-order chi connectivity index (χ1) is 8.40. The molecular formula is C12H15BrN2O3. The summed E-state index contributed by atoms with van der Waals surface area (Å²) in [6.07, 6.45) is -0.378. The van der Waals surface area contributed by atoms with Gasteiger partial charge in [0, 0.05) is 4.47 Å². The predicted octanol–water partition coefficient (Wildman–Crippen LogP) is 1.43. The van der Waals surface area contributed by atoms with E-state index in [9.17, 15) is 9.59 Å². The lowest BCUT2D eigenvalue weighted by atomic mass is 10.1. The number of carbonyl (C=O) groups excluding carboxylic acids is 1. The zero-order valence-corrected chi connectivity index (χ0v) is 11.5. The Kier molecular flexibility index (Phi) is 5.30. The lowest BCUT2D eigenvalue weighted by molar-refractivity contribution is -0.139. The standard InChI is InChI=1S/C12H15BrN2O3/c1-7(8-3-2-4-9(13)5-8)15-12(18)10(14)6-11(16)17/h2-5,7,10H,6,14H2,1H3,(H,15,18)(H,16,17)/t7-,10?/m1/s1. The van der Waals surface area contributed by atoms with Crippen molar-refractivity contribution in [1.82, 2.24) is 5.32 Å². The smallest absolute Gasteiger partial charge is 0.305 e. The van der Waals surface area contributed by atoms with Crippen molar-refractivity contribution in [2.45, 2.75) is 25.4 Å². The number of amides is 1. The Labute approximate surface area is 113 Å². The van der Waals surface area contributed by atoms with Crippen molar-refractivity contribution in [2.24, 2.45) is 5.73 Å². The molecule has 0 spiro atoms. The maximum Gasteiger partial charge on any atom is 0.305 e. The van der Waals surface area contributed by atoms with Crippen molar-refractivity contribution >= 4 is 27.8 Å². The van der Waals surface area contributed by atoms with Gasteiger partial charge in [-0.05, 0) is 24.6 Å². The Morgan fingerprint density at radius 2 is 2.17 bits per heavy atom. The number of rotatable bonds is 5. The second-order valence-corrected chi connectivity index (χ2v) is 4.91. The van der Waals surface area contributed by atoms with E-state index in [1.54, 1.807) is 0 Å². The Bertz CT molecular complexity index is 451. The molecule has 0 aliphatic heterocycles. The van der Waals surface area contributed by atoms with Gasteiger partial charge in [0.15, 0.2) is 0 Å². The Balaban J connectivity index is 2.62. The molecule has 4 N–H and O–H groups in total. The fourth-order valence-electron chi connectivity index (χ4n) is 1.46. The molecule has 1 unspecified atom stereocenters. The fraction of sp³-hybridized carbons (Fsp3) is 0.333. The molecule has 0 aromatic heterocycles. The van der Waals surface area contributed by atoms with Gasteiger partial charge in [-0.2, -0.15) is 0 Å². The number of carbonyl (C=O) groups is 2. The highest BCUT2D eigenvalue weighted by atomic mass is 79.9. The van der Waals surface area contributed by atoms with Crippen molar-refractivity contribution < 1.29 is 14.7 Å². The Hall–Kier alpha value is -1.40. The summed E-state index contributed by atoms with van der Waals surface area (Å²) in [5.74, 6) is -1.56. The molecule has 18 heavy (non-hydrogen) atoms. The molecule has 0 heterocycles. The monoisotopic (exact) mass is 314 g/mol. The molecular weight excluding hydrogens is 300 g/mol. The summed E-state index contributed by atoms with van der Waals surface area (Å²) in [5, 5.41) is 11.2. The molecule has 0 bridgehead atoms. The van der Waals surface area contributed by atoms with Crippen LogP contribution in [0.1, 0.15) is 24.9 Å². The Morgan fingerprint density at radius 3 is 2.72 bits per heavy atom. The average molecular weight is 315 g/mol. The molecule has 2 atom stereocenters. The van der Waals surface area contributed by atoms with Gasteiger partial charge in [-0.25, -0.2) is 0 Å². The van der Waals surface area contributed by atoms with Gasteiger partial charge in [-0.15, -0.1) is 0 Å². The maximum atomic E-state index is 11.6. The van der Waals surface area contributed by atoms with Gasteiger partial charge < -0.3 is 16.2 Å². The van der Waals surface area contributed by atoms with E-state index >= 15 is 0 Å². The van der Waals surface area contributed by atoms with Gasteiger partial charge in [0.1, 0.15) is 0 Å². The molecule has 1 aromatic carbocycles. The van der Waals surface area contributed by atoms with Crippen molar-refractivity contribution in [1.29, 1.82) is 0 Å². The number of aliphatic carboxylic acids is 1. The van der Waals surface area contributed by atoms with Gasteiger partial charge in [-0.3, -0.25) is 9.59 Å². The summed E-state index contributed by atoms with van der Waals surface area (Å²) in [6.45, 7) is 1.81. The average Bonchev–Trinajstić information content (AvgIpc) is 2.27. The van der Waals surface area contributed by atoms with Crippen LogP contribution < -0.4 is 11.1 Å². The molecule has 0 saturated heterocycles. The van der Waals surface area contributed by atoms with Crippen LogP contribution in [0.3, 0.4) is 0 Å². The second kappa shape index (κ2) is 6.51. The predicted molar refractivity (Wildman–Crippen MR) is 70.9 cm³/mol. The van der Waals surface area contributed by atoms with E-state index in [2.05, 4.69) is 21.2 Å². The lowest BCUT2D eigenvalue weighted by Gasteiger charge is -2.17. The molecule has 0 aliphatic carbocycles. The zero-order valence-electron chi connectivity index (χ0n) is 9.89. The molecule has 6 heteroatoms. The van der Waals surface area contributed by atoms with Crippen LogP contribution in [0.4, 0.5) is 0 Å². The maximum absolute atomic E-state index is 11.6. The van der Waals surface area contributed by atoms with E-state index in [0.717, 1.165) is 10.0 Å². The molecule has 0 radical (unpaired) electrons. The molecule has 1 amide bonds. The van der Waals surface area contributed by atoms with Crippen LogP contribution in [0.5, 0.6) is 0 Å². The molecule has 1 aromatic rings. The van der Waals surface area contributed by atoms with Gasteiger partial charge in [0.2, 0.25) is 5.91 Å². The number of halogens is 1. The third kappa shape index (κ3) is 4.46. The topological polar surface area (TPSA) is 92.4 Å². The van der Waals surface area contributed by atoms with Gasteiger partial charge in [0.25, 0.3) is 0 Å². The zero-order chi connectivity index (χ0) is 13.7. The largest absolute Gasteiger partial charge is 0.481 e. The first-order valence-corrected chi connectivity index (χ1v) is 6.22. The third-order valence-electron chi connectivity index (χ3n) is 2.44. The first-order valence-electron chi connectivity index (χ1n) is 5.43. The van der Waals surface area contributed by atoms with Crippen LogP contribution >= 0.6 is 15.9 Å². The number of hydrogen-bond donors (Lipinski definition) is 3. The molecule has 1 rings (SSSR count). The molecule has 0 aliphatic rings. The van der Waals surface area contributed by atoms with E-state index in [-0.39, 0.29) is 12.5 Å². The number of carboxylic acids is 1. The van der Waals surface area contributed by atoms with Crippen molar-refractivity contribution in [3.63, 3.8) is 0 Å². The number of hydrogen-bond acceptors (Lipinski definition) is 3. The minimum Gasteiger partial charge on any atom is -0.481 e. The van der Waals surface area contributed by atoms with Crippen molar-refractivity contribution in [2.75, 3.05) is 0 Å². The van der Waals surface area contributed by atoms with Crippen molar-refractivity contribution in [3.8, 4) is 0 Å². The van der Waals surface area contributed by atoms with Crippen LogP contribution in [-0.4, -0.2) is 23.0 Å². The van der Waals surface area contributed by atoms with Gasteiger partial charge in [0.05, 0.1) is 18.5 Å². The second-order valence-electron chi connectivity index (χ2n) is 3.99. The highest BCUT2D eigenvalue weighted by Crippen LogP contribution is 2.17. The van der Waals surface area contributed by atoms with E-state index in [1.807, 2.05) is 31.2 Å². The third-order valence-corrected chi connectivity index (χ3v) is 2.93. The van der Waals surface area contributed by atoms with Crippen LogP contribution in [0, 0.1) is 0 Å². The number of carboxylic acid groups (broad SMARTS) is 1. The fourth-order valence-corrected chi connectivity index (χ4v) is 1.88. The highest BCUT2D eigenvalue weighted by Gasteiger charge is 2.19. The lowest BCUT2D eigenvalue weighted by Crippen LogP contribution is -2.42. The van der Waals surface area contributed by atoms with Crippen molar-refractivity contribution in [3.05, 3.63) is 34.3 Å². The molecule has 0 saturated carbocycles. The summed E-state index contributed by atoms with van der Waals surface area (Å²) < 4.78 is 0.913.